The lowest BCUT2D eigenvalue weighted by Gasteiger charge is -2.22. The van der Waals surface area contributed by atoms with Crippen molar-refractivity contribution in [1.29, 1.82) is 0 Å². The first-order valence-electron chi connectivity index (χ1n) is 7.09. The second-order valence-corrected chi connectivity index (χ2v) is 5.06. The monoisotopic (exact) mass is 235 g/mol. The number of aryl methyl sites for hydroxylation is 3. The quantitative estimate of drug-likeness (QED) is 0.849. The van der Waals surface area contributed by atoms with Crippen molar-refractivity contribution in [2.24, 2.45) is 5.92 Å². The van der Waals surface area contributed by atoms with Crippen LogP contribution in [0.5, 0.6) is 0 Å². The van der Waals surface area contributed by atoms with E-state index in [0.717, 1.165) is 25.3 Å². The van der Waals surface area contributed by atoms with Gasteiger partial charge >= 0.3 is 0 Å². The third-order valence-electron chi connectivity index (χ3n) is 3.79. The molecular weight excluding hydrogens is 210 g/mol. The molecule has 0 radical (unpaired) electrons. The minimum absolute atomic E-state index is 0.850. The van der Waals surface area contributed by atoms with Gasteiger partial charge in [-0.3, -0.25) is 4.68 Å². The van der Waals surface area contributed by atoms with Crippen LogP contribution in [0.4, 0.5) is 0 Å². The van der Waals surface area contributed by atoms with Gasteiger partial charge < -0.3 is 5.32 Å². The van der Waals surface area contributed by atoms with Crippen molar-refractivity contribution < 1.29 is 0 Å². The molecule has 1 N–H and O–H groups in total. The fourth-order valence-corrected chi connectivity index (χ4v) is 2.64. The van der Waals surface area contributed by atoms with Crippen LogP contribution in [-0.2, 0) is 19.4 Å². The Labute approximate surface area is 105 Å². The maximum absolute atomic E-state index is 4.68. The van der Waals surface area contributed by atoms with Gasteiger partial charge in [0.1, 0.15) is 0 Å². The van der Waals surface area contributed by atoms with Crippen molar-refractivity contribution in [3.05, 3.63) is 17.5 Å². The topological polar surface area (TPSA) is 29.9 Å². The van der Waals surface area contributed by atoms with Crippen molar-refractivity contribution in [2.75, 3.05) is 13.1 Å². The summed E-state index contributed by atoms with van der Waals surface area (Å²) >= 11 is 0. The van der Waals surface area contributed by atoms with Gasteiger partial charge in [0.05, 0.1) is 5.69 Å². The van der Waals surface area contributed by atoms with Crippen LogP contribution in [0.15, 0.2) is 6.07 Å². The Morgan fingerprint density at radius 1 is 1.41 bits per heavy atom. The molecule has 0 spiro atoms. The smallest absolute Gasteiger partial charge is 0.0624 e. The van der Waals surface area contributed by atoms with E-state index in [0.29, 0.717) is 0 Å². The molecule has 0 aromatic carbocycles. The molecule has 1 atom stereocenters. The Bertz CT molecular complexity index is 337. The predicted octanol–water partition coefficient (Wildman–Crippen LogP) is 2.40. The van der Waals surface area contributed by atoms with Crippen molar-refractivity contribution in [2.45, 2.75) is 52.5 Å². The van der Waals surface area contributed by atoms with Gasteiger partial charge in [-0.15, -0.1) is 0 Å². The van der Waals surface area contributed by atoms with E-state index in [4.69, 9.17) is 0 Å². The van der Waals surface area contributed by atoms with Crippen LogP contribution in [0, 0.1) is 5.92 Å². The molecule has 96 valence electrons. The lowest BCUT2D eigenvalue weighted by atomic mass is 9.96. The number of nitrogens with one attached hydrogen (secondary N) is 1. The van der Waals surface area contributed by atoms with Gasteiger partial charge in [-0.2, -0.15) is 5.10 Å². The molecule has 3 heteroatoms. The first-order chi connectivity index (χ1) is 8.33. The molecule has 0 saturated carbocycles. The van der Waals surface area contributed by atoms with Crippen molar-refractivity contribution in [3.8, 4) is 0 Å². The third kappa shape index (κ3) is 3.32. The SMILES string of the molecule is CCc1cc(CC)n(CCC2CCCNC2)n1. The average molecular weight is 235 g/mol. The van der Waals surface area contributed by atoms with E-state index in [9.17, 15) is 0 Å². The lowest BCUT2D eigenvalue weighted by molar-refractivity contribution is 0.333. The Morgan fingerprint density at radius 3 is 2.94 bits per heavy atom. The molecule has 1 aliphatic heterocycles. The van der Waals surface area contributed by atoms with Gasteiger partial charge in [0, 0.05) is 12.2 Å². The molecule has 1 aromatic heterocycles. The van der Waals surface area contributed by atoms with Crippen molar-refractivity contribution in [3.63, 3.8) is 0 Å². The molecule has 2 rings (SSSR count). The molecule has 3 nitrogen and oxygen atoms in total. The maximum Gasteiger partial charge on any atom is 0.0624 e. The molecule has 0 aliphatic carbocycles. The number of hydrogen-bond donors (Lipinski definition) is 1. The third-order valence-corrected chi connectivity index (χ3v) is 3.79. The van der Waals surface area contributed by atoms with Crippen LogP contribution >= 0.6 is 0 Å². The standard InChI is InChI=1S/C14H25N3/c1-3-13-10-14(4-2)17(16-13)9-7-12-6-5-8-15-11-12/h10,12,15H,3-9,11H2,1-2H3. The molecule has 1 aromatic rings. The number of piperidine rings is 1. The number of hydrogen-bond acceptors (Lipinski definition) is 2. The molecule has 1 saturated heterocycles. The Balaban J connectivity index is 1.90. The molecular formula is C14H25N3. The minimum Gasteiger partial charge on any atom is -0.316 e. The van der Waals surface area contributed by atoms with Gasteiger partial charge in [0.2, 0.25) is 0 Å². The normalized spacial score (nSPS) is 20.7. The summed E-state index contributed by atoms with van der Waals surface area (Å²) in [5, 5.41) is 8.17. The fraction of sp³-hybridized carbons (Fsp3) is 0.786. The first-order valence-corrected chi connectivity index (χ1v) is 7.09. The zero-order chi connectivity index (χ0) is 12.1. The fourth-order valence-electron chi connectivity index (χ4n) is 2.64. The van der Waals surface area contributed by atoms with Crippen LogP contribution in [-0.4, -0.2) is 22.9 Å². The summed E-state index contributed by atoms with van der Waals surface area (Å²) in [6.45, 7) is 7.89. The van der Waals surface area contributed by atoms with E-state index in [-0.39, 0.29) is 0 Å². The minimum atomic E-state index is 0.850. The van der Waals surface area contributed by atoms with E-state index < -0.39 is 0 Å². The highest BCUT2D eigenvalue weighted by Gasteiger charge is 2.13. The molecule has 2 heterocycles. The first kappa shape index (κ1) is 12.6. The zero-order valence-corrected chi connectivity index (χ0v) is 11.2. The molecule has 1 fully saturated rings. The molecule has 1 unspecified atom stereocenters. The highest BCUT2D eigenvalue weighted by molar-refractivity contribution is 5.10. The van der Waals surface area contributed by atoms with Crippen LogP contribution < -0.4 is 5.32 Å². The summed E-state index contributed by atoms with van der Waals surface area (Å²) in [5.74, 6) is 0.850. The van der Waals surface area contributed by atoms with E-state index in [1.54, 1.807) is 0 Å². The van der Waals surface area contributed by atoms with Crippen LogP contribution in [0.3, 0.4) is 0 Å². The summed E-state index contributed by atoms with van der Waals surface area (Å²) in [4.78, 5) is 0. The van der Waals surface area contributed by atoms with Crippen LogP contribution in [0.2, 0.25) is 0 Å². The average Bonchev–Trinajstić information content (AvgIpc) is 2.80. The Morgan fingerprint density at radius 2 is 2.29 bits per heavy atom. The summed E-state index contributed by atoms with van der Waals surface area (Å²) < 4.78 is 2.23. The highest BCUT2D eigenvalue weighted by Crippen LogP contribution is 2.16. The van der Waals surface area contributed by atoms with Crippen LogP contribution in [0.1, 0.15) is 44.5 Å². The van der Waals surface area contributed by atoms with E-state index in [1.165, 1.54) is 43.7 Å². The summed E-state index contributed by atoms with van der Waals surface area (Å²) in [5.41, 5.74) is 2.63. The molecule has 0 bridgehead atoms. The van der Waals surface area contributed by atoms with Crippen molar-refractivity contribution >= 4 is 0 Å². The maximum atomic E-state index is 4.68. The van der Waals surface area contributed by atoms with Gasteiger partial charge in [-0.05, 0) is 57.2 Å². The molecule has 17 heavy (non-hydrogen) atoms. The van der Waals surface area contributed by atoms with E-state index >= 15 is 0 Å². The molecule has 0 amide bonds. The predicted molar refractivity (Wildman–Crippen MR) is 71.2 cm³/mol. The van der Waals surface area contributed by atoms with Gasteiger partial charge in [0.15, 0.2) is 0 Å². The van der Waals surface area contributed by atoms with E-state index in [2.05, 4.69) is 35.0 Å². The Hall–Kier alpha value is -0.830. The second-order valence-electron chi connectivity index (χ2n) is 5.06. The number of rotatable bonds is 5. The second kappa shape index (κ2) is 6.20. The van der Waals surface area contributed by atoms with Crippen LogP contribution in [0.25, 0.3) is 0 Å². The molecule has 1 aliphatic rings. The lowest BCUT2D eigenvalue weighted by Crippen LogP contribution is -2.30. The Kier molecular flexibility index (Phi) is 4.60. The summed E-state index contributed by atoms with van der Waals surface area (Å²) in [7, 11) is 0. The van der Waals surface area contributed by atoms with Crippen molar-refractivity contribution in [1.82, 2.24) is 15.1 Å². The van der Waals surface area contributed by atoms with Gasteiger partial charge in [-0.1, -0.05) is 13.8 Å². The number of nitrogens with zero attached hydrogens (tertiary/aromatic N) is 2. The van der Waals surface area contributed by atoms with E-state index in [1.807, 2.05) is 0 Å². The van der Waals surface area contributed by atoms with Gasteiger partial charge in [-0.25, -0.2) is 0 Å². The summed E-state index contributed by atoms with van der Waals surface area (Å²) in [6, 6.07) is 2.26. The van der Waals surface area contributed by atoms with Gasteiger partial charge in [0.25, 0.3) is 0 Å². The zero-order valence-electron chi connectivity index (χ0n) is 11.2. The largest absolute Gasteiger partial charge is 0.316 e. The number of aromatic nitrogens is 2. The summed E-state index contributed by atoms with van der Waals surface area (Å²) in [6.07, 6.45) is 6.13. The highest BCUT2D eigenvalue weighted by atomic mass is 15.3.